The Labute approximate surface area is 82.7 Å². The van der Waals surface area contributed by atoms with Crippen molar-refractivity contribution in [3.8, 4) is 0 Å². The number of hydrogen-bond donors (Lipinski definition) is 1. The molecule has 1 fully saturated rings. The molecule has 0 aromatic rings. The molecule has 2 nitrogen and oxygen atoms in total. The lowest BCUT2D eigenvalue weighted by Crippen LogP contribution is -2.41. The fraction of sp³-hybridized carbons (Fsp3) is 1.00. The van der Waals surface area contributed by atoms with Crippen molar-refractivity contribution in [2.45, 2.75) is 39.2 Å². The predicted octanol–water partition coefficient (Wildman–Crippen LogP) is 1.72. The van der Waals surface area contributed by atoms with Crippen LogP contribution in [0.25, 0.3) is 0 Å². The summed E-state index contributed by atoms with van der Waals surface area (Å²) in [5, 5.41) is 3.40. The first-order valence-electron chi connectivity index (χ1n) is 5.65. The van der Waals surface area contributed by atoms with Gasteiger partial charge in [-0.25, -0.2) is 0 Å². The zero-order valence-corrected chi connectivity index (χ0v) is 9.34. The van der Waals surface area contributed by atoms with Gasteiger partial charge in [-0.3, -0.25) is 0 Å². The van der Waals surface area contributed by atoms with Crippen LogP contribution in [0.2, 0.25) is 0 Å². The molecule has 0 radical (unpaired) electrons. The van der Waals surface area contributed by atoms with E-state index >= 15 is 0 Å². The minimum atomic E-state index is 0.783. The van der Waals surface area contributed by atoms with E-state index in [1.807, 2.05) is 0 Å². The highest BCUT2D eigenvalue weighted by Gasteiger charge is 2.22. The lowest BCUT2D eigenvalue weighted by molar-refractivity contribution is 0.141. The van der Waals surface area contributed by atoms with E-state index in [1.165, 1.54) is 25.8 Å². The largest absolute Gasteiger partial charge is 0.317 e. The van der Waals surface area contributed by atoms with Gasteiger partial charge in [-0.15, -0.1) is 0 Å². The van der Waals surface area contributed by atoms with Crippen molar-refractivity contribution in [2.75, 3.05) is 26.7 Å². The van der Waals surface area contributed by atoms with Gasteiger partial charge in [0.1, 0.15) is 0 Å². The average Bonchev–Trinajstić information content (AvgIpc) is 1.97. The molecule has 1 aliphatic rings. The third kappa shape index (κ3) is 3.65. The molecule has 13 heavy (non-hydrogen) atoms. The topological polar surface area (TPSA) is 15.3 Å². The van der Waals surface area contributed by atoms with E-state index < -0.39 is 0 Å². The molecule has 0 bridgehead atoms. The quantitative estimate of drug-likeness (QED) is 0.676. The lowest BCUT2D eigenvalue weighted by atomic mass is 9.91. The van der Waals surface area contributed by atoms with Crippen molar-refractivity contribution < 1.29 is 0 Å². The van der Waals surface area contributed by atoms with E-state index in [1.54, 1.807) is 0 Å². The Balaban J connectivity index is 2.07. The molecule has 2 heteroatoms. The molecular formula is C11H24N2. The molecule has 78 valence electrons. The number of nitrogens with one attached hydrogen (secondary N) is 1. The summed E-state index contributed by atoms with van der Waals surface area (Å²) in [7, 11) is 2.27. The Morgan fingerprint density at radius 1 is 1.46 bits per heavy atom. The van der Waals surface area contributed by atoms with Gasteiger partial charge in [0, 0.05) is 12.6 Å². The summed E-state index contributed by atoms with van der Waals surface area (Å²) in [6.45, 7) is 8.00. The molecule has 0 spiro atoms. The van der Waals surface area contributed by atoms with Crippen LogP contribution in [-0.2, 0) is 0 Å². The van der Waals surface area contributed by atoms with Crippen LogP contribution in [0.4, 0.5) is 0 Å². The summed E-state index contributed by atoms with van der Waals surface area (Å²) in [6.07, 6.45) is 4.28. The molecule has 0 aliphatic heterocycles. The van der Waals surface area contributed by atoms with Gasteiger partial charge >= 0.3 is 0 Å². The lowest BCUT2D eigenvalue weighted by Gasteiger charge is -2.36. The minimum absolute atomic E-state index is 0.783. The monoisotopic (exact) mass is 184 g/mol. The molecule has 1 aliphatic carbocycles. The van der Waals surface area contributed by atoms with Crippen molar-refractivity contribution in [3.63, 3.8) is 0 Å². The van der Waals surface area contributed by atoms with Crippen LogP contribution in [0, 0.1) is 5.92 Å². The van der Waals surface area contributed by atoms with Gasteiger partial charge in [-0.05, 0) is 38.9 Å². The molecule has 0 aromatic carbocycles. The molecule has 1 N–H and O–H groups in total. The Bertz CT molecular complexity index is 132. The first kappa shape index (κ1) is 11.0. The Hall–Kier alpha value is -0.0800. The van der Waals surface area contributed by atoms with Crippen LogP contribution in [0.5, 0.6) is 0 Å². The van der Waals surface area contributed by atoms with E-state index in [4.69, 9.17) is 0 Å². The second kappa shape index (κ2) is 5.61. The van der Waals surface area contributed by atoms with Crippen LogP contribution in [0.15, 0.2) is 0 Å². The molecule has 1 unspecified atom stereocenters. The third-order valence-corrected chi connectivity index (χ3v) is 3.04. The second-order valence-electron chi connectivity index (χ2n) is 4.44. The van der Waals surface area contributed by atoms with Crippen LogP contribution >= 0.6 is 0 Å². The van der Waals surface area contributed by atoms with Gasteiger partial charge in [0.15, 0.2) is 0 Å². The number of nitrogens with zero attached hydrogens (tertiary/aromatic N) is 1. The number of rotatable bonds is 6. The molecule has 0 saturated heterocycles. The van der Waals surface area contributed by atoms with Gasteiger partial charge in [0.05, 0.1) is 0 Å². The van der Waals surface area contributed by atoms with Gasteiger partial charge in [0.2, 0.25) is 0 Å². The van der Waals surface area contributed by atoms with Gasteiger partial charge in [-0.2, -0.15) is 0 Å². The second-order valence-corrected chi connectivity index (χ2v) is 4.44. The van der Waals surface area contributed by atoms with E-state index in [9.17, 15) is 0 Å². The van der Waals surface area contributed by atoms with Crippen molar-refractivity contribution >= 4 is 0 Å². The first-order valence-corrected chi connectivity index (χ1v) is 5.65. The van der Waals surface area contributed by atoms with Gasteiger partial charge < -0.3 is 10.2 Å². The fourth-order valence-electron chi connectivity index (χ4n) is 1.92. The number of hydrogen-bond acceptors (Lipinski definition) is 2. The maximum absolute atomic E-state index is 3.40. The summed E-state index contributed by atoms with van der Waals surface area (Å²) in [6, 6.07) is 0.893. The van der Waals surface area contributed by atoms with Crippen LogP contribution in [0.1, 0.15) is 33.1 Å². The summed E-state index contributed by atoms with van der Waals surface area (Å²) >= 11 is 0. The Morgan fingerprint density at radius 3 is 2.62 bits per heavy atom. The zero-order valence-electron chi connectivity index (χ0n) is 9.34. The van der Waals surface area contributed by atoms with E-state index in [2.05, 4.69) is 31.1 Å². The maximum Gasteiger partial charge on any atom is 0.00923 e. The predicted molar refractivity (Wildman–Crippen MR) is 58.0 cm³/mol. The standard InChI is InChI=1S/C11H24N2/c1-4-12-8-10(2)9-13(3)11-6-5-7-11/h10-12H,4-9H2,1-3H3. The normalized spacial score (nSPS) is 20.3. The summed E-state index contributed by atoms with van der Waals surface area (Å²) in [5.74, 6) is 0.783. The molecular weight excluding hydrogens is 160 g/mol. The van der Waals surface area contributed by atoms with E-state index in [0.717, 1.165) is 25.0 Å². The SMILES string of the molecule is CCNCC(C)CN(C)C1CCC1. The van der Waals surface area contributed by atoms with E-state index in [-0.39, 0.29) is 0 Å². The molecule has 0 amide bonds. The molecule has 1 atom stereocenters. The van der Waals surface area contributed by atoms with Crippen LogP contribution < -0.4 is 5.32 Å². The highest BCUT2D eigenvalue weighted by atomic mass is 15.1. The summed E-state index contributed by atoms with van der Waals surface area (Å²) in [5.41, 5.74) is 0. The summed E-state index contributed by atoms with van der Waals surface area (Å²) in [4.78, 5) is 2.53. The molecule has 0 heterocycles. The van der Waals surface area contributed by atoms with Crippen LogP contribution in [0.3, 0.4) is 0 Å². The zero-order chi connectivity index (χ0) is 9.68. The van der Waals surface area contributed by atoms with Crippen molar-refractivity contribution in [2.24, 2.45) is 5.92 Å². The van der Waals surface area contributed by atoms with Crippen molar-refractivity contribution in [3.05, 3.63) is 0 Å². The Morgan fingerprint density at radius 2 is 2.15 bits per heavy atom. The van der Waals surface area contributed by atoms with Crippen molar-refractivity contribution in [1.29, 1.82) is 0 Å². The smallest absolute Gasteiger partial charge is 0.00923 e. The summed E-state index contributed by atoms with van der Waals surface area (Å²) < 4.78 is 0. The first-order chi connectivity index (χ1) is 6.24. The minimum Gasteiger partial charge on any atom is -0.317 e. The molecule has 1 rings (SSSR count). The van der Waals surface area contributed by atoms with Gasteiger partial charge in [-0.1, -0.05) is 20.3 Å². The third-order valence-electron chi connectivity index (χ3n) is 3.04. The fourth-order valence-corrected chi connectivity index (χ4v) is 1.92. The van der Waals surface area contributed by atoms with Crippen molar-refractivity contribution in [1.82, 2.24) is 10.2 Å². The Kier molecular flexibility index (Phi) is 4.74. The maximum atomic E-state index is 3.40. The highest BCUT2D eigenvalue weighted by molar-refractivity contribution is 4.78. The van der Waals surface area contributed by atoms with E-state index in [0.29, 0.717) is 0 Å². The van der Waals surface area contributed by atoms with Crippen LogP contribution in [-0.4, -0.2) is 37.6 Å². The highest BCUT2D eigenvalue weighted by Crippen LogP contribution is 2.23. The van der Waals surface area contributed by atoms with Gasteiger partial charge in [0.25, 0.3) is 0 Å². The average molecular weight is 184 g/mol. The molecule has 0 aromatic heterocycles. The molecule has 1 saturated carbocycles.